The molecule has 1 aliphatic heterocycles. The van der Waals surface area contributed by atoms with Crippen LogP contribution in [0.15, 0.2) is 42.5 Å². The fourth-order valence-corrected chi connectivity index (χ4v) is 3.29. The quantitative estimate of drug-likeness (QED) is 0.875. The minimum absolute atomic E-state index is 0.0907. The molecule has 2 amide bonds. The van der Waals surface area contributed by atoms with E-state index in [0.29, 0.717) is 18.4 Å². The number of rotatable bonds is 5. The molecule has 3 rings (SSSR count). The van der Waals surface area contributed by atoms with E-state index in [1.807, 2.05) is 24.3 Å². The highest BCUT2D eigenvalue weighted by molar-refractivity contribution is 5.96. The molecule has 142 valence electrons. The van der Waals surface area contributed by atoms with Crippen molar-refractivity contribution in [3.63, 3.8) is 0 Å². The van der Waals surface area contributed by atoms with Crippen LogP contribution < -0.4 is 10.1 Å². The van der Waals surface area contributed by atoms with Crippen LogP contribution in [-0.2, 0) is 4.79 Å². The molecule has 2 aromatic rings. The van der Waals surface area contributed by atoms with Gasteiger partial charge in [0.05, 0.1) is 25.3 Å². The van der Waals surface area contributed by atoms with Crippen molar-refractivity contribution in [3.05, 3.63) is 65.2 Å². The number of halogens is 2. The number of methoxy groups -OCH3 is 1. The minimum atomic E-state index is -0.963. The van der Waals surface area contributed by atoms with Gasteiger partial charge in [-0.05, 0) is 42.7 Å². The van der Waals surface area contributed by atoms with E-state index in [0.717, 1.165) is 30.5 Å². The predicted molar refractivity (Wildman–Crippen MR) is 95.4 cm³/mol. The lowest BCUT2D eigenvalue weighted by molar-refractivity contribution is -0.131. The van der Waals surface area contributed by atoms with Crippen molar-refractivity contribution < 1.29 is 23.1 Å². The monoisotopic (exact) mass is 374 g/mol. The first kappa shape index (κ1) is 18.8. The summed E-state index contributed by atoms with van der Waals surface area (Å²) in [6.45, 7) is 0.331. The third kappa shape index (κ3) is 4.24. The second-order valence-corrected chi connectivity index (χ2v) is 6.33. The van der Waals surface area contributed by atoms with Gasteiger partial charge in [-0.2, -0.15) is 0 Å². The molecule has 1 unspecified atom stereocenters. The van der Waals surface area contributed by atoms with Crippen LogP contribution >= 0.6 is 0 Å². The number of nitrogens with one attached hydrogen (secondary N) is 1. The Hall–Kier alpha value is -2.96. The van der Waals surface area contributed by atoms with E-state index in [4.69, 9.17) is 4.74 Å². The SMILES string of the molecule is COc1cccc(C2CCCN2C(=O)CNC(=O)c2ccc(F)cc2F)c1. The van der Waals surface area contributed by atoms with E-state index in [-0.39, 0.29) is 24.1 Å². The zero-order valence-electron chi connectivity index (χ0n) is 14.9. The zero-order chi connectivity index (χ0) is 19.4. The molecule has 0 aromatic heterocycles. The maximum Gasteiger partial charge on any atom is 0.254 e. The lowest BCUT2D eigenvalue weighted by Crippen LogP contribution is -2.40. The minimum Gasteiger partial charge on any atom is -0.497 e. The van der Waals surface area contributed by atoms with Crippen LogP contribution in [-0.4, -0.2) is 36.9 Å². The van der Waals surface area contributed by atoms with E-state index in [1.165, 1.54) is 0 Å². The van der Waals surface area contributed by atoms with Crippen LogP contribution in [0.25, 0.3) is 0 Å². The fraction of sp³-hybridized carbons (Fsp3) is 0.300. The topological polar surface area (TPSA) is 58.6 Å². The highest BCUT2D eigenvalue weighted by Gasteiger charge is 2.30. The number of amides is 2. The van der Waals surface area contributed by atoms with Crippen LogP contribution in [0.1, 0.15) is 34.8 Å². The third-order valence-electron chi connectivity index (χ3n) is 4.63. The van der Waals surface area contributed by atoms with Gasteiger partial charge >= 0.3 is 0 Å². The standard InChI is InChI=1S/C20H20F2N2O3/c1-27-15-5-2-4-13(10-15)18-6-3-9-24(18)19(25)12-23-20(26)16-8-7-14(21)11-17(16)22/h2,4-5,7-8,10-11,18H,3,6,9,12H2,1H3,(H,23,26). The first-order chi connectivity index (χ1) is 13.0. The summed E-state index contributed by atoms with van der Waals surface area (Å²) in [6, 6.07) is 10.1. The van der Waals surface area contributed by atoms with Crippen LogP contribution in [0.4, 0.5) is 8.78 Å². The number of benzene rings is 2. The lowest BCUT2D eigenvalue weighted by atomic mass is 10.0. The summed E-state index contributed by atoms with van der Waals surface area (Å²) in [5, 5.41) is 2.41. The van der Waals surface area contributed by atoms with Gasteiger partial charge in [0.1, 0.15) is 17.4 Å². The smallest absolute Gasteiger partial charge is 0.254 e. The molecule has 0 saturated carbocycles. The molecule has 1 N–H and O–H groups in total. The first-order valence-corrected chi connectivity index (χ1v) is 8.66. The second-order valence-electron chi connectivity index (χ2n) is 6.33. The fourth-order valence-electron chi connectivity index (χ4n) is 3.29. The summed E-state index contributed by atoms with van der Waals surface area (Å²) >= 11 is 0. The van der Waals surface area contributed by atoms with Gasteiger partial charge in [-0.15, -0.1) is 0 Å². The molecule has 27 heavy (non-hydrogen) atoms. The summed E-state index contributed by atoms with van der Waals surface area (Å²) in [5.41, 5.74) is 0.672. The van der Waals surface area contributed by atoms with E-state index < -0.39 is 17.5 Å². The summed E-state index contributed by atoms with van der Waals surface area (Å²) in [6.07, 6.45) is 1.67. The summed E-state index contributed by atoms with van der Waals surface area (Å²) in [5.74, 6) is -2.02. The molecule has 1 fully saturated rings. The van der Waals surface area contributed by atoms with Crippen molar-refractivity contribution in [2.45, 2.75) is 18.9 Å². The summed E-state index contributed by atoms with van der Waals surface area (Å²) in [7, 11) is 1.58. The molecule has 1 heterocycles. The molecule has 7 heteroatoms. The average molecular weight is 374 g/mol. The normalized spacial score (nSPS) is 16.3. The molecule has 1 aliphatic rings. The van der Waals surface area contributed by atoms with Gasteiger partial charge in [-0.1, -0.05) is 12.1 Å². The van der Waals surface area contributed by atoms with Gasteiger partial charge in [0.2, 0.25) is 5.91 Å². The molecule has 0 aliphatic carbocycles. The Morgan fingerprint density at radius 2 is 2.04 bits per heavy atom. The third-order valence-corrected chi connectivity index (χ3v) is 4.63. The second kappa shape index (κ2) is 8.16. The van der Waals surface area contributed by atoms with E-state index in [2.05, 4.69) is 5.32 Å². The maximum atomic E-state index is 13.7. The van der Waals surface area contributed by atoms with Gasteiger partial charge in [0.15, 0.2) is 0 Å². The maximum absolute atomic E-state index is 13.7. The molecular formula is C20H20F2N2O3. The van der Waals surface area contributed by atoms with Gasteiger partial charge < -0.3 is 15.0 Å². The number of hydrogen-bond donors (Lipinski definition) is 1. The zero-order valence-corrected chi connectivity index (χ0v) is 14.9. The predicted octanol–water partition coefficient (Wildman–Crippen LogP) is 3.07. The Labute approximate surface area is 155 Å². The molecule has 0 bridgehead atoms. The van der Waals surface area contributed by atoms with Crippen molar-refractivity contribution in [3.8, 4) is 5.75 Å². The molecular weight excluding hydrogens is 354 g/mol. The number of carbonyl (C=O) groups is 2. The highest BCUT2D eigenvalue weighted by Crippen LogP contribution is 2.33. The molecule has 5 nitrogen and oxygen atoms in total. The van der Waals surface area contributed by atoms with E-state index in [9.17, 15) is 18.4 Å². The number of likely N-dealkylation sites (tertiary alicyclic amines) is 1. The number of carbonyl (C=O) groups excluding carboxylic acids is 2. The van der Waals surface area contributed by atoms with Crippen molar-refractivity contribution in [1.29, 1.82) is 0 Å². The molecule has 0 radical (unpaired) electrons. The van der Waals surface area contributed by atoms with Gasteiger partial charge in [0, 0.05) is 12.6 Å². The largest absolute Gasteiger partial charge is 0.497 e. The Kier molecular flexibility index (Phi) is 5.69. The molecule has 2 aromatic carbocycles. The van der Waals surface area contributed by atoms with Crippen molar-refractivity contribution in [1.82, 2.24) is 10.2 Å². The van der Waals surface area contributed by atoms with E-state index in [1.54, 1.807) is 12.0 Å². The molecule has 1 atom stereocenters. The Morgan fingerprint density at radius 3 is 2.78 bits per heavy atom. The van der Waals surface area contributed by atoms with Gasteiger partial charge in [0.25, 0.3) is 5.91 Å². The Morgan fingerprint density at radius 1 is 1.22 bits per heavy atom. The van der Waals surface area contributed by atoms with Crippen molar-refractivity contribution in [2.24, 2.45) is 0 Å². The molecule has 0 spiro atoms. The molecule has 1 saturated heterocycles. The first-order valence-electron chi connectivity index (χ1n) is 8.66. The lowest BCUT2D eigenvalue weighted by Gasteiger charge is -2.25. The van der Waals surface area contributed by atoms with Gasteiger partial charge in [-0.3, -0.25) is 9.59 Å². The summed E-state index contributed by atoms with van der Waals surface area (Å²) in [4.78, 5) is 26.4. The van der Waals surface area contributed by atoms with Crippen LogP contribution in [0.5, 0.6) is 5.75 Å². The van der Waals surface area contributed by atoms with Crippen LogP contribution in [0.3, 0.4) is 0 Å². The van der Waals surface area contributed by atoms with E-state index >= 15 is 0 Å². The number of hydrogen-bond acceptors (Lipinski definition) is 3. The Bertz CT molecular complexity index is 857. The van der Waals surface area contributed by atoms with Gasteiger partial charge in [-0.25, -0.2) is 8.78 Å². The van der Waals surface area contributed by atoms with Crippen LogP contribution in [0, 0.1) is 11.6 Å². The van der Waals surface area contributed by atoms with Crippen LogP contribution in [0.2, 0.25) is 0 Å². The van der Waals surface area contributed by atoms with Crippen molar-refractivity contribution >= 4 is 11.8 Å². The highest BCUT2D eigenvalue weighted by atomic mass is 19.1. The Balaban J connectivity index is 1.65. The number of ether oxygens (including phenoxy) is 1. The summed E-state index contributed by atoms with van der Waals surface area (Å²) < 4.78 is 31.9. The average Bonchev–Trinajstić information content (AvgIpc) is 3.16. The number of nitrogens with zero attached hydrogens (tertiary/aromatic N) is 1. The van der Waals surface area contributed by atoms with Crippen molar-refractivity contribution in [2.75, 3.05) is 20.2 Å².